The number of rotatable bonds is 3. The zero-order valence-electron chi connectivity index (χ0n) is 9.83. The molecule has 1 aliphatic rings. The Kier molecular flexibility index (Phi) is 4.54. The Morgan fingerprint density at radius 1 is 1.35 bits per heavy atom. The molecule has 0 unspecified atom stereocenters. The lowest BCUT2D eigenvalue weighted by molar-refractivity contribution is 0.180. The maximum Gasteiger partial charge on any atom is 0.124 e. The van der Waals surface area contributed by atoms with Crippen LogP contribution in [0.1, 0.15) is 18.4 Å². The third kappa shape index (κ3) is 3.50. The number of hydrogen-bond acceptors (Lipinski definition) is 2. The summed E-state index contributed by atoms with van der Waals surface area (Å²) in [5.41, 5.74) is 6.82. The summed E-state index contributed by atoms with van der Waals surface area (Å²) in [5.74, 6) is 0.491. The first-order valence-corrected chi connectivity index (χ1v) is 6.84. The fourth-order valence-electron chi connectivity index (χ4n) is 2.27. The first kappa shape index (κ1) is 13.0. The largest absolute Gasteiger partial charge is 0.330 e. The summed E-state index contributed by atoms with van der Waals surface area (Å²) in [6.07, 6.45) is 2.35. The number of benzene rings is 1. The topological polar surface area (TPSA) is 29.3 Å². The Labute approximate surface area is 110 Å². The van der Waals surface area contributed by atoms with E-state index in [4.69, 9.17) is 5.73 Å². The average molecular weight is 301 g/mol. The summed E-state index contributed by atoms with van der Waals surface area (Å²) in [7, 11) is 0. The summed E-state index contributed by atoms with van der Waals surface area (Å²) >= 11 is 3.41. The van der Waals surface area contributed by atoms with Crippen LogP contribution < -0.4 is 5.73 Å². The van der Waals surface area contributed by atoms with E-state index < -0.39 is 0 Å². The van der Waals surface area contributed by atoms with Gasteiger partial charge in [-0.25, -0.2) is 4.39 Å². The van der Waals surface area contributed by atoms with Crippen molar-refractivity contribution < 1.29 is 4.39 Å². The van der Waals surface area contributed by atoms with Crippen molar-refractivity contribution in [2.24, 2.45) is 11.7 Å². The molecule has 1 saturated heterocycles. The molecule has 1 aliphatic heterocycles. The van der Waals surface area contributed by atoms with Crippen LogP contribution in [0.25, 0.3) is 0 Å². The molecule has 0 aliphatic carbocycles. The van der Waals surface area contributed by atoms with Crippen LogP contribution in [-0.4, -0.2) is 24.5 Å². The van der Waals surface area contributed by atoms with Crippen molar-refractivity contribution in [2.45, 2.75) is 19.4 Å². The minimum Gasteiger partial charge on any atom is -0.330 e. The lowest BCUT2D eigenvalue weighted by Gasteiger charge is -2.31. The molecule has 1 heterocycles. The third-order valence-electron chi connectivity index (χ3n) is 3.45. The van der Waals surface area contributed by atoms with Crippen molar-refractivity contribution >= 4 is 15.9 Å². The second kappa shape index (κ2) is 5.94. The Morgan fingerprint density at radius 2 is 2.06 bits per heavy atom. The van der Waals surface area contributed by atoms with Crippen molar-refractivity contribution in [1.82, 2.24) is 4.90 Å². The Morgan fingerprint density at radius 3 is 2.65 bits per heavy atom. The first-order chi connectivity index (χ1) is 8.19. The van der Waals surface area contributed by atoms with Crippen LogP contribution in [0.3, 0.4) is 0 Å². The number of hydrogen-bond donors (Lipinski definition) is 1. The van der Waals surface area contributed by atoms with E-state index in [0.717, 1.165) is 36.2 Å². The average Bonchev–Trinajstić information content (AvgIpc) is 2.34. The van der Waals surface area contributed by atoms with Crippen molar-refractivity contribution in [3.05, 3.63) is 34.1 Å². The monoisotopic (exact) mass is 300 g/mol. The van der Waals surface area contributed by atoms with Gasteiger partial charge in [0.1, 0.15) is 5.82 Å². The highest BCUT2D eigenvalue weighted by Gasteiger charge is 2.18. The lowest BCUT2D eigenvalue weighted by Crippen LogP contribution is -2.35. The van der Waals surface area contributed by atoms with Gasteiger partial charge in [-0.15, -0.1) is 0 Å². The fourth-order valence-corrected chi connectivity index (χ4v) is 2.75. The Balaban J connectivity index is 1.93. The summed E-state index contributed by atoms with van der Waals surface area (Å²) in [5, 5.41) is 0. The van der Waals surface area contributed by atoms with Crippen LogP contribution >= 0.6 is 15.9 Å². The van der Waals surface area contributed by atoms with E-state index in [0.29, 0.717) is 5.92 Å². The molecule has 0 saturated carbocycles. The summed E-state index contributed by atoms with van der Waals surface area (Å²) in [6.45, 7) is 3.86. The summed E-state index contributed by atoms with van der Waals surface area (Å²) in [4.78, 5) is 2.41. The van der Waals surface area contributed by atoms with Crippen molar-refractivity contribution in [3.63, 3.8) is 0 Å². The number of likely N-dealkylation sites (tertiary alicyclic amines) is 1. The minimum absolute atomic E-state index is 0.192. The molecule has 2 rings (SSSR count). The maximum atomic E-state index is 13.0. The van der Waals surface area contributed by atoms with Gasteiger partial charge in [0.2, 0.25) is 0 Å². The quantitative estimate of drug-likeness (QED) is 0.930. The second-order valence-corrected chi connectivity index (χ2v) is 5.55. The number of piperidine rings is 1. The molecular weight excluding hydrogens is 283 g/mol. The van der Waals surface area contributed by atoms with E-state index in [1.807, 2.05) is 6.07 Å². The lowest BCUT2D eigenvalue weighted by atomic mass is 9.97. The molecule has 2 nitrogen and oxygen atoms in total. The van der Waals surface area contributed by atoms with Gasteiger partial charge in [0, 0.05) is 11.0 Å². The van der Waals surface area contributed by atoms with Gasteiger partial charge >= 0.3 is 0 Å². The summed E-state index contributed by atoms with van der Waals surface area (Å²) in [6, 6.07) is 4.91. The Bertz CT molecular complexity index is 376. The molecule has 1 aromatic rings. The predicted molar refractivity (Wildman–Crippen MR) is 71.2 cm³/mol. The van der Waals surface area contributed by atoms with Gasteiger partial charge in [0.05, 0.1) is 0 Å². The molecule has 0 aromatic heterocycles. The molecule has 17 heavy (non-hydrogen) atoms. The van der Waals surface area contributed by atoms with Gasteiger partial charge in [-0.05, 0) is 56.1 Å². The van der Waals surface area contributed by atoms with E-state index in [1.54, 1.807) is 0 Å². The molecule has 0 atom stereocenters. The van der Waals surface area contributed by atoms with Crippen LogP contribution in [0.2, 0.25) is 0 Å². The van der Waals surface area contributed by atoms with Gasteiger partial charge in [-0.1, -0.05) is 22.0 Å². The van der Waals surface area contributed by atoms with Crippen molar-refractivity contribution in [2.75, 3.05) is 19.6 Å². The number of nitrogens with zero attached hydrogens (tertiary/aromatic N) is 1. The SMILES string of the molecule is NCC1CCN(Cc2ccc(F)cc2Br)CC1. The van der Waals surface area contributed by atoms with E-state index in [-0.39, 0.29) is 5.82 Å². The molecule has 0 radical (unpaired) electrons. The van der Waals surface area contributed by atoms with Crippen LogP contribution in [0.4, 0.5) is 4.39 Å². The zero-order chi connectivity index (χ0) is 12.3. The molecule has 0 amide bonds. The Hall–Kier alpha value is -0.450. The number of halogens is 2. The fraction of sp³-hybridized carbons (Fsp3) is 0.538. The van der Waals surface area contributed by atoms with Gasteiger partial charge in [-0.3, -0.25) is 4.90 Å². The maximum absolute atomic E-state index is 13.0. The van der Waals surface area contributed by atoms with Crippen LogP contribution in [0.15, 0.2) is 22.7 Å². The number of nitrogens with two attached hydrogens (primary N) is 1. The first-order valence-electron chi connectivity index (χ1n) is 6.05. The highest BCUT2D eigenvalue weighted by atomic mass is 79.9. The molecule has 4 heteroatoms. The second-order valence-electron chi connectivity index (χ2n) is 4.69. The van der Waals surface area contributed by atoms with Gasteiger partial charge < -0.3 is 5.73 Å². The molecule has 0 spiro atoms. The molecule has 1 fully saturated rings. The van der Waals surface area contributed by atoms with Crippen molar-refractivity contribution in [1.29, 1.82) is 0 Å². The summed E-state index contributed by atoms with van der Waals surface area (Å²) < 4.78 is 13.8. The molecular formula is C13H18BrFN2. The van der Waals surface area contributed by atoms with Gasteiger partial charge in [-0.2, -0.15) is 0 Å². The molecule has 0 bridgehead atoms. The van der Waals surface area contributed by atoms with Crippen LogP contribution in [0.5, 0.6) is 0 Å². The molecule has 2 N–H and O–H groups in total. The molecule has 1 aromatic carbocycles. The van der Waals surface area contributed by atoms with Gasteiger partial charge in [0.25, 0.3) is 0 Å². The highest BCUT2D eigenvalue weighted by Crippen LogP contribution is 2.22. The highest BCUT2D eigenvalue weighted by molar-refractivity contribution is 9.10. The van der Waals surface area contributed by atoms with Gasteiger partial charge in [0.15, 0.2) is 0 Å². The van der Waals surface area contributed by atoms with Crippen LogP contribution in [0, 0.1) is 11.7 Å². The smallest absolute Gasteiger partial charge is 0.124 e. The minimum atomic E-state index is -0.192. The van der Waals surface area contributed by atoms with E-state index in [1.165, 1.54) is 25.0 Å². The normalized spacial score (nSPS) is 18.5. The van der Waals surface area contributed by atoms with E-state index in [9.17, 15) is 4.39 Å². The molecule has 94 valence electrons. The predicted octanol–water partition coefficient (Wildman–Crippen LogP) is 2.76. The third-order valence-corrected chi connectivity index (χ3v) is 4.19. The van der Waals surface area contributed by atoms with Crippen molar-refractivity contribution in [3.8, 4) is 0 Å². The zero-order valence-corrected chi connectivity index (χ0v) is 11.4. The van der Waals surface area contributed by atoms with E-state index in [2.05, 4.69) is 20.8 Å². The standard InChI is InChI=1S/C13H18BrFN2/c14-13-7-12(15)2-1-11(13)9-17-5-3-10(8-16)4-6-17/h1-2,7,10H,3-6,8-9,16H2. The van der Waals surface area contributed by atoms with E-state index >= 15 is 0 Å². The van der Waals surface area contributed by atoms with Crippen LogP contribution in [-0.2, 0) is 6.54 Å².